The fourth-order valence-corrected chi connectivity index (χ4v) is 2.58. The Labute approximate surface area is 106 Å². The fourth-order valence-electron chi connectivity index (χ4n) is 2.58. The molecule has 2 atom stereocenters. The van der Waals surface area contributed by atoms with Crippen molar-refractivity contribution in [2.75, 3.05) is 5.73 Å². The number of carbonyl (C=O) groups is 1. The molecule has 2 heterocycles. The summed E-state index contributed by atoms with van der Waals surface area (Å²) in [7, 11) is 0. The van der Waals surface area contributed by atoms with Gasteiger partial charge in [0.15, 0.2) is 0 Å². The van der Waals surface area contributed by atoms with Crippen LogP contribution in [0.5, 0.6) is 0 Å². The van der Waals surface area contributed by atoms with E-state index in [-0.39, 0.29) is 29.4 Å². The van der Waals surface area contributed by atoms with E-state index in [1.54, 1.807) is 4.90 Å². The second kappa shape index (κ2) is 4.92. The van der Waals surface area contributed by atoms with Crippen molar-refractivity contribution in [1.29, 1.82) is 0 Å². The van der Waals surface area contributed by atoms with E-state index in [0.29, 0.717) is 0 Å². The number of pyridine rings is 1. The van der Waals surface area contributed by atoms with E-state index in [1.807, 2.05) is 13.8 Å². The number of nitrogens with two attached hydrogens (primary N) is 1. The Bertz CT molecular complexity index is 454. The quantitative estimate of drug-likeness (QED) is 0.832. The number of anilines is 1. The van der Waals surface area contributed by atoms with E-state index >= 15 is 0 Å². The van der Waals surface area contributed by atoms with Crippen LogP contribution >= 0.6 is 0 Å². The topological polar surface area (TPSA) is 59.2 Å². The lowest BCUT2D eigenvalue weighted by Gasteiger charge is -2.39. The predicted molar refractivity (Wildman–Crippen MR) is 67.6 cm³/mol. The zero-order valence-corrected chi connectivity index (χ0v) is 10.7. The molecular weight excluding hydrogens is 233 g/mol. The standard InChI is InChI=1S/C13H18FN3O/c1-8-4-3-5-9(2)17(8)13(18)11-6-10(14)7-16-12(11)15/h6-9H,3-5H2,1-2H3,(H2,15,16). The summed E-state index contributed by atoms with van der Waals surface area (Å²) in [6.07, 6.45) is 4.08. The molecule has 0 bridgehead atoms. The SMILES string of the molecule is CC1CCCC(C)N1C(=O)c1cc(F)cnc1N. The summed E-state index contributed by atoms with van der Waals surface area (Å²) >= 11 is 0. The molecular formula is C13H18FN3O. The monoisotopic (exact) mass is 251 g/mol. The molecule has 1 aromatic rings. The van der Waals surface area contributed by atoms with Crippen LogP contribution < -0.4 is 5.73 Å². The molecule has 2 unspecified atom stereocenters. The molecule has 2 rings (SSSR count). The van der Waals surface area contributed by atoms with Crippen LogP contribution in [0.25, 0.3) is 0 Å². The number of aromatic nitrogens is 1. The highest BCUT2D eigenvalue weighted by Gasteiger charge is 2.30. The number of carbonyl (C=O) groups excluding carboxylic acids is 1. The van der Waals surface area contributed by atoms with E-state index in [0.717, 1.165) is 25.5 Å². The van der Waals surface area contributed by atoms with Crippen molar-refractivity contribution in [2.45, 2.75) is 45.2 Å². The lowest BCUT2D eigenvalue weighted by Crippen LogP contribution is -2.47. The van der Waals surface area contributed by atoms with Crippen molar-refractivity contribution in [3.05, 3.63) is 23.6 Å². The maximum Gasteiger partial charge on any atom is 0.258 e. The van der Waals surface area contributed by atoms with Gasteiger partial charge in [-0.15, -0.1) is 0 Å². The van der Waals surface area contributed by atoms with E-state index in [9.17, 15) is 9.18 Å². The molecule has 0 spiro atoms. The lowest BCUT2D eigenvalue weighted by molar-refractivity contribution is 0.0511. The summed E-state index contributed by atoms with van der Waals surface area (Å²) < 4.78 is 13.2. The summed E-state index contributed by atoms with van der Waals surface area (Å²) in [5.74, 6) is -0.671. The number of rotatable bonds is 1. The first-order valence-corrected chi connectivity index (χ1v) is 6.24. The van der Waals surface area contributed by atoms with Gasteiger partial charge in [-0.1, -0.05) is 0 Å². The molecule has 0 aromatic carbocycles. The minimum atomic E-state index is -0.537. The molecule has 1 fully saturated rings. The van der Waals surface area contributed by atoms with Gasteiger partial charge in [0.25, 0.3) is 5.91 Å². The Balaban J connectivity index is 2.32. The van der Waals surface area contributed by atoms with Crippen LogP contribution in [0.15, 0.2) is 12.3 Å². The van der Waals surface area contributed by atoms with Gasteiger partial charge in [0.1, 0.15) is 11.6 Å². The van der Waals surface area contributed by atoms with Crippen LogP contribution in [-0.4, -0.2) is 27.9 Å². The largest absolute Gasteiger partial charge is 0.383 e. The average Bonchev–Trinajstić information content (AvgIpc) is 2.32. The maximum atomic E-state index is 13.2. The zero-order chi connectivity index (χ0) is 13.3. The molecule has 5 heteroatoms. The first-order chi connectivity index (χ1) is 8.50. The Hall–Kier alpha value is -1.65. The molecule has 4 nitrogen and oxygen atoms in total. The van der Waals surface area contributed by atoms with Crippen LogP contribution in [0.4, 0.5) is 10.2 Å². The number of amides is 1. The first kappa shape index (κ1) is 12.8. The summed E-state index contributed by atoms with van der Waals surface area (Å²) in [5, 5.41) is 0. The maximum absolute atomic E-state index is 13.2. The smallest absolute Gasteiger partial charge is 0.258 e. The second-order valence-corrected chi connectivity index (χ2v) is 4.93. The zero-order valence-electron chi connectivity index (χ0n) is 10.7. The van der Waals surface area contributed by atoms with E-state index in [2.05, 4.69) is 4.98 Å². The number of halogens is 1. The predicted octanol–water partition coefficient (Wildman–Crippen LogP) is 2.21. The van der Waals surface area contributed by atoms with Gasteiger partial charge in [0, 0.05) is 12.1 Å². The van der Waals surface area contributed by atoms with Crippen LogP contribution in [0.3, 0.4) is 0 Å². The molecule has 0 aliphatic carbocycles. The van der Waals surface area contributed by atoms with Gasteiger partial charge in [-0.2, -0.15) is 0 Å². The van der Waals surface area contributed by atoms with Gasteiger partial charge in [-0.25, -0.2) is 9.37 Å². The Morgan fingerprint density at radius 2 is 2.06 bits per heavy atom. The number of hydrogen-bond acceptors (Lipinski definition) is 3. The van der Waals surface area contributed by atoms with Crippen molar-refractivity contribution in [1.82, 2.24) is 9.88 Å². The van der Waals surface area contributed by atoms with Crippen molar-refractivity contribution in [2.24, 2.45) is 0 Å². The van der Waals surface area contributed by atoms with Crippen molar-refractivity contribution in [3.63, 3.8) is 0 Å². The summed E-state index contributed by atoms with van der Waals surface area (Å²) in [4.78, 5) is 17.9. The molecule has 2 N–H and O–H groups in total. The van der Waals surface area contributed by atoms with E-state index in [1.165, 1.54) is 6.07 Å². The molecule has 1 saturated heterocycles. The summed E-state index contributed by atoms with van der Waals surface area (Å²) in [5.41, 5.74) is 5.83. The Morgan fingerprint density at radius 3 is 2.67 bits per heavy atom. The molecule has 18 heavy (non-hydrogen) atoms. The van der Waals surface area contributed by atoms with Crippen LogP contribution in [0.1, 0.15) is 43.5 Å². The highest BCUT2D eigenvalue weighted by molar-refractivity contribution is 5.98. The molecule has 1 aliphatic heterocycles. The fraction of sp³-hybridized carbons (Fsp3) is 0.538. The third-order valence-corrected chi connectivity index (χ3v) is 3.54. The minimum absolute atomic E-state index is 0.0892. The number of nitrogen functional groups attached to an aromatic ring is 1. The van der Waals surface area contributed by atoms with Crippen molar-refractivity contribution < 1.29 is 9.18 Å². The number of piperidine rings is 1. The summed E-state index contributed by atoms with van der Waals surface area (Å²) in [6.45, 7) is 4.02. The van der Waals surface area contributed by atoms with Gasteiger partial charge >= 0.3 is 0 Å². The van der Waals surface area contributed by atoms with E-state index in [4.69, 9.17) is 5.73 Å². The second-order valence-electron chi connectivity index (χ2n) is 4.93. The van der Waals surface area contributed by atoms with Crippen LogP contribution in [-0.2, 0) is 0 Å². The first-order valence-electron chi connectivity index (χ1n) is 6.24. The highest BCUT2D eigenvalue weighted by Crippen LogP contribution is 2.25. The van der Waals surface area contributed by atoms with Gasteiger partial charge in [0.2, 0.25) is 0 Å². The number of nitrogens with zero attached hydrogens (tertiary/aromatic N) is 2. The molecule has 98 valence electrons. The molecule has 1 amide bonds. The third kappa shape index (κ3) is 2.30. The van der Waals surface area contributed by atoms with Gasteiger partial charge in [-0.3, -0.25) is 4.79 Å². The lowest BCUT2D eigenvalue weighted by atomic mass is 9.96. The molecule has 1 aliphatic rings. The normalized spacial score (nSPS) is 24.1. The van der Waals surface area contributed by atoms with Gasteiger partial charge in [-0.05, 0) is 39.2 Å². The van der Waals surface area contributed by atoms with E-state index < -0.39 is 5.82 Å². The molecule has 0 saturated carbocycles. The van der Waals surface area contributed by atoms with Crippen molar-refractivity contribution >= 4 is 11.7 Å². The molecule has 1 aromatic heterocycles. The van der Waals surface area contributed by atoms with Gasteiger partial charge in [0.05, 0.1) is 11.8 Å². The Kier molecular flexibility index (Phi) is 3.50. The van der Waals surface area contributed by atoms with Gasteiger partial charge < -0.3 is 10.6 Å². The highest BCUT2D eigenvalue weighted by atomic mass is 19.1. The number of hydrogen-bond donors (Lipinski definition) is 1. The summed E-state index contributed by atoms with van der Waals surface area (Å²) in [6, 6.07) is 1.48. The van der Waals surface area contributed by atoms with Crippen molar-refractivity contribution in [3.8, 4) is 0 Å². The average molecular weight is 251 g/mol. The third-order valence-electron chi connectivity index (χ3n) is 3.54. The molecule has 0 radical (unpaired) electrons. The Morgan fingerprint density at radius 1 is 1.44 bits per heavy atom. The van der Waals surface area contributed by atoms with Crippen LogP contribution in [0, 0.1) is 5.82 Å². The minimum Gasteiger partial charge on any atom is -0.383 e. The van der Waals surface area contributed by atoms with Crippen LogP contribution in [0.2, 0.25) is 0 Å². The number of likely N-dealkylation sites (tertiary alicyclic amines) is 1.